The number of benzene rings is 2. The number of hydrogen-bond donors (Lipinski definition) is 0. The summed E-state index contributed by atoms with van der Waals surface area (Å²) < 4.78 is 22.9. The van der Waals surface area contributed by atoms with Crippen LogP contribution in [0.4, 0.5) is 0 Å². The van der Waals surface area contributed by atoms with E-state index in [9.17, 15) is 9.59 Å². The molecule has 1 fully saturated rings. The maximum Gasteiger partial charge on any atom is 0.343 e. The Hall–Kier alpha value is -3.28. The lowest BCUT2D eigenvalue weighted by molar-refractivity contribution is -0.152. The number of ether oxygens (including phenoxy) is 4. The van der Waals surface area contributed by atoms with Crippen LogP contribution in [0, 0.1) is 11.3 Å². The van der Waals surface area contributed by atoms with E-state index in [2.05, 4.69) is 31.2 Å². The molecule has 178 valence electrons. The molecule has 0 radical (unpaired) electrons. The fourth-order valence-corrected chi connectivity index (χ4v) is 6.18. The molecule has 0 saturated heterocycles. The Labute approximate surface area is 199 Å². The number of cyclic esters (lactones) is 2. The highest BCUT2D eigenvalue weighted by atomic mass is 16.6. The molecule has 6 nitrogen and oxygen atoms in total. The Balaban J connectivity index is 1.57. The van der Waals surface area contributed by atoms with E-state index in [0.717, 1.165) is 19.3 Å². The SMILES string of the molecule is COc1cc(OC)cc(O[C@]23CCC4=C(C(=O)OC4=O)[C@](C)(CC[C@H]2Cc2ccccc2)C3)c1. The second-order valence-electron chi connectivity index (χ2n) is 9.91. The number of methoxy groups -OCH3 is 2. The fourth-order valence-electron chi connectivity index (χ4n) is 6.18. The van der Waals surface area contributed by atoms with E-state index in [-0.39, 0.29) is 5.92 Å². The highest BCUT2D eigenvalue weighted by Crippen LogP contribution is 2.57. The fraction of sp³-hybridized carbons (Fsp3) is 0.429. The van der Waals surface area contributed by atoms with Crippen molar-refractivity contribution in [1.82, 2.24) is 0 Å². The van der Waals surface area contributed by atoms with E-state index >= 15 is 0 Å². The number of fused-ring (bicyclic) bond motifs is 3. The van der Waals surface area contributed by atoms with Crippen LogP contribution in [-0.4, -0.2) is 31.8 Å². The zero-order valence-corrected chi connectivity index (χ0v) is 19.9. The van der Waals surface area contributed by atoms with Crippen LogP contribution >= 0.6 is 0 Å². The van der Waals surface area contributed by atoms with Crippen molar-refractivity contribution < 1.29 is 28.5 Å². The molecule has 3 atom stereocenters. The molecular formula is C28H30O6. The third kappa shape index (κ3) is 3.85. The predicted molar refractivity (Wildman–Crippen MR) is 126 cm³/mol. The Morgan fingerprint density at radius 1 is 0.941 bits per heavy atom. The van der Waals surface area contributed by atoms with Crippen LogP contribution in [0.2, 0.25) is 0 Å². The molecule has 3 aliphatic rings. The average molecular weight is 463 g/mol. The minimum atomic E-state index is -0.564. The van der Waals surface area contributed by atoms with Crippen LogP contribution in [0.25, 0.3) is 0 Å². The van der Waals surface area contributed by atoms with Gasteiger partial charge in [0.2, 0.25) is 0 Å². The topological polar surface area (TPSA) is 71.1 Å². The van der Waals surface area contributed by atoms with Crippen LogP contribution in [0.5, 0.6) is 17.2 Å². The lowest BCUT2D eigenvalue weighted by Crippen LogP contribution is -2.52. The van der Waals surface area contributed by atoms with Crippen LogP contribution in [0.15, 0.2) is 59.7 Å². The maximum absolute atomic E-state index is 12.7. The number of esters is 2. The normalized spacial score (nSPS) is 28.1. The predicted octanol–water partition coefficient (Wildman–Crippen LogP) is 5.04. The molecule has 1 saturated carbocycles. The van der Waals surface area contributed by atoms with Crippen molar-refractivity contribution in [2.75, 3.05) is 14.2 Å². The Morgan fingerprint density at radius 2 is 1.62 bits per heavy atom. The van der Waals surface area contributed by atoms with Crippen molar-refractivity contribution >= 4 is 11.9 Å². The first-order chi connectivity index (χ1) is 16.4. The molecule has 0 spiro atoms. The smallest absolute Gasteiger partial charge is 0.343 e. The molecule has 1 aliphatic heterocycles. The van der Waals surface area contributed by atoms with Crippen molar-refractivity contribution in [3.05, 3.63) is 65.2 Å². The van der Waals surface area contributed by atoms with Gasteiger partial charge in [0, 0.05) is 35.1 Å². The van der Waals surface area contributed by atoms with Crippen molar-refractivity contribution in [1.29, 1.82) is 0 Å². The molecule has 6 heteroatoms. The monoisotopic (exact) mass is 462 g/mol. The standard InChI is InChI=1S/C28H30O6/c1-27-11-9-19(13-18-7-5-4-6-8-18)28(17-27,12-10-23-24(27)26(30)33-25(23)29)34-22-15-20(31-2)14-21(16-22)32-3/h4-8,14-16,19H,9-13,17H2,1-3H3/t19-,27+,28-/m0/s1. The maximum atomic E-state index is 12.7. The summed E-state index contributed by atoms with van der Waals surface area (Å²) in [7, 11) is 3.23. The second kappa shape index (κ2) is 8.49. The van der Waals surface area contributed by atoms with Gasteiger partial charge in [-0.25, -0.2) is 9.59 Å². The van der Waals surface area contributed by atoms with Crippen molar-refractivity contribution in [2.45, 2.75) is 51.0 Å². The highest BCUT2D eigenvalue weighted by Gasteiger charge is 2.57. The van der Waals surface area contributed by atoms with E-state index in [1.54, 1.807) is 14.2 Å². The van der Waals surface area contributed by atoms with Gasteiger partial charge < -0.3 is 18.9 Å². The Bertz CT molecular complexity index is 1130. The quantitative estimate of drug-likeness (QED) is 0.442. The number of rotatable bonds is 6. The summed E-state index contributed by atoms with van der Waals surface area (Å²) in [5, 5.41) is 0. The number of hydrogen-bond acceptors (Lipinski definition) is 6. The largest absolute Gasteiger partial charge is 0.496 e. The first kappa shape index (κ1) is 22.5. The lowest BCUT2D eigenvalue weighted by Gasteiger charge is -2.50. The van der Waals surface area contributed by atoms with Crippen LogP contribution < -0.4 is 14.2 Å². The van der Waals surface area contributed by atoms with Gasteiger partial charge in [0.1, 0.15) is 22.8 Å². The summed E-state index contributed by atoms with van der Waals surface area (Å²) in [6, 6.07) is 16.0. The van der Waals surface area contributed by atoms with Gasteiger partial charge in [0.05, 0.1) is 19.8 Å². The molecule has 0 amide bonds. The van der Waals surface area contributed by atoms with Gasteiger partial charge in [-0.1, -0.05) is 37.3 Å². The van der Waals surface area contributed by atoms with Gasteiger partial charge in [-0.15, -0.1) is 0 Å². The van der Waals surface area contributed by atoms with Gasteiger partial charge in [0.25, 0.3) is 0 Å². The summed E-state index contributed by atoms with van der Waals surface area (Å²) in [6.45, 7) is 2.08. The van der Waals surface area contributed by atoms with Gasteiger partial charge in [0.15, 0.2) is 0 Å². The molecule has 2 aromatic carbocycles. The first-order valence-electron chi connectivity index (χ1n) is 11.8. The molecule has 0 N–H and O–H groups in total. The highest BCUT2D eigenvalue weighted by molar-refractivity contribution is 6.13. The minimum absolute atomic E-state index is 0.214. The summed E-state index contributed by atoms with van der Waals surface area (Å²) >= 11 is 0. The minimum Gasteiger partial charge on any atom is -0.496 e. The molecule has 0 aromatic heterocycles. The average Bonchev–Trinajstić information content (AvgIpc) is 3.07. The first-order valence-corrected chi connectivity index (χ1v) is 11.8. The van der Waals surface area contributed by atoms with E-state index in [1.165, 1.54) is 5.56 Å². The number of carbonyl (C=O) groups is 2. The van der Waals surface area contributed by atoms with Gasteiger partial charge >= 0.3 is 11.9 Å². The van der Waals surface area contributed by atoms with Crippen molar-refractivity contribution in [3.63, 3.8) is 0 Å². The summed E-state index contributed by atoms with van der Waals surface area (Å²) in [6.07, 6.45) is 4.27. The van der Waals surface area contributed by atoms with E-state index in [1.807, 2.05) is 24.3 Å². The molecule has 2 aliphatic carbocycles. The number of carbonyl (C=O) groups excluding carboxylic acids is 2. The van der Waals surface area contributed by atoms with E-state index in [0.29, 0.717) is 47.7 Å². The summed E-state index contributed by atoms with van der Waals surface area (Å²) in [5.41, 5.74) is 1.30. The summed E-state index contributed by atoms with van der Waals surface area (Å²) in [5.74, 6) is 1.20. The molecule has 0 unspecified atom stereocenters. The van der Waals surface area contributed by atoms with Crippen LogP contribution in [0.1, 0.15) is 44.6 Å². The van der Waals surface area contributed by atoms with E-state index in [4.69, 9.17) is 18.9 Å². The second-order valence-corrected chi connectivity index (χ2v) is 9.91. The lowest BCUT2D eigenvalue weighted by atomic mass is 9.60. The van der Waals surface area contributed by atoms with Gasteiger partial charge in [-0.3, -0.25) is 0 Å². The van der Waals surface area contributed by atoms with Crippen molar-refractivity contribution in [2.24, 2.45) is 11.3 Å². The third-order valence-corrected chi connectivity index (χ3v) is 7.79. The Kier molecular flexibility index (Phi) is 5.62. The van der Waals surface area contributed by atoms with Gasteiger partial charge in [-0.2, -0.15) is 0 Å². The zero-order chi connectivity index (χ0) is 23.9. The van der Waals surface area contributed by atoms with Crippen LogP contribution in [0.3, 0.4) is 0 Å². The zero-order valence-electron chi connectivity index (χ0n) is 19.9. The molecule has 1 heterocycles. The molecular weight excluding hydrogens is 432 g/mol. The Morgan fingerprint density at radius 3 is 2.29 bits per heavy atom. The molecule has 2 aromatic rings. The molecule has 34 heavy (non-hydrogen) atoms. The third-order valence-electron chi connectivity index (χ3n) is 7.79. The van der Waals surface area contributed by atoms with Crippen LogP contribution in [-0.2, 0) is 20.7 Å². The summed E-state index contributed by atoms with van der Waals surface area (Å²) in [4.78, 5) is 25.2. The molecule has 2 bridgehead atoms. The van der Waals surface area contributed by atoms with Gasteiger partial charge in [-0.05, 0) is 44.1 Å². The molecule has 5 rings (SSSR count). The van der Waals surface area contributed by atoms with Crippen molar-refractivity contribution in [3.8, 4) is 17.2 Å². The van der Waals surface area contributed by atoms with E-state index < -0.39 is 23.0 Å².